The molecule has 6 nitrogen and oxygen atoms in total. The Kier molecular flexibility index (Phi) is 4.32. The van der Waals surface area contributed by atoms with E-state index in [1.165, 1.54) is 17.0 Å². The van der Waals surface area contributed by atoms with Crippen LogP contribution >= 0.6 is 0 Å². The predicted molar refractivity (Wildman–Crippen MR) is 77.6 cm³/mol. The van der Waals surface area contributed by atoms with Crippen molar-refractivity contribution in [2.75, 3.05) is 13.4 Å². The maximum absolute atomic E-state index is 13.2. The minimum atomic E-state index is -3.64. The van der Waals surface area contributed by atoms with Gasteiger partial charge in [0.2, 0.25) is 0 Å². The second kappa shape index (κ2) is 5.88. The molecule has 2 rings (SSSR count). The Morgan fingerprint density at radius 3 is 2.55 bits per heavy atom. The summed E-state index contributed by atoms with van der Waals surface area (Å²) in [4.78, 5) is 15.7. The Hall–Kier alpha value is -2.22. The number of esters is 1. The van der Waals surface area contributed by atoms with Crippen LogP contribution in [-0.4, -0.2) is 37.3 Å². The van der Waals surface area contributed by atoms with Crippen molar-refractivity contribution in [2.45, 2.75) is 18.5 Å². The molecule has 118 valence electrons. The number of ether oxygens (including phenoxy) is 1. The number of nitrogens with zero attached hydrogens (tertiary/aromatic N) is 2. The summed E-state index contributed by atoms with van der Waals surface area (Å²) >= 11 is 0. The van der Waals surface area contributed by atoms with Crippen LogP contribution < -0.4 is 0 Å². The lowest BCUT2D eigenvalue weighted by atomic mass is 10.1. The Balaban J connectivity index is 2.80. The van der Waals surface area contributed by atoms with Crippen LogP contribution in [0.3, 0.4) is 0 Å². The van der Waals surface area contributed by atoms with Gasteiger partial charge >= 0.3 is 5.97 Å². The molecule has 1 heterocycles. The Morgan fingerprint density at radius 1 is 1.41 bits per heavy atom. The fourth-order valence-corrected chi connectivity index (χ4v) is 2.95. The van der Waals surface area contributed by atoms with Crippen molar-refractivity contribution < 1.29 is 22.3 Å². The number of benzene rings is 1. The number of hydrogen-bond donors (Lipinski definition) is 0. The molecule has 0 saturated carbocycles. The Morgan fingerprint density at radius 2 is 2.09 bits per heavy atom. The van der Waals surface area contributed by atoms with E-state index in [1.807, 2.05) is 0 Å². The molecule has 8 heteroatoms. The number of hydrogen-bond acceptors (Lipinski definition) is 5. The second-order valence-corrected chi connectivity index (χ2v) is 6.78. The summed E-state index contributed by atoms with van der Waals surface area (Å²) in [6.45, 7) is 0.824. The molecule has 0 radical (unpaired) electrons. The topological polar surface area (TPSA) is 78.3 Å². The van der Waals surface area contributed by atoms with Crippen molar-refractivity contribution in [1.82, 2.24) is 9.55 Å². The Bertz CT molecular complexity index is 827. The number of rotatable bonds is 4. The van der Waals surface area contributed by atoms with Crippen LogP contribution in [0.1, 0.15) is 21.6 Å². The number of imidazole rings is 1. The lowest BCUT2D eigenvalue weighted by Crippen LogP contribution is -2.11. The van der Waals surface area contributed by atoms with Crippen LogP contribution in [0.5, 0.6) is 0 Å². The highest BCUT2D eigenvalue weighted by Crippen LogP contribution is 2.26. The first-order valence-corrected chi connectivity index (χ1v) is 8.19. The lowest BCUT2D eigenvalue weighted by molar-refractivity contribution is 0.0598. The third-order valence-corrected chi connectivity index (χ3v) is 4.25. The van der Waals surface area contributed by atoms with Gasteiger partial charge in [0, 0.05) is 12.5 Å². The first-order valence-electron chi connectivity index (χ1n) is 6.30. The molecule has 0 spiro atoms. The van der Waals surface area contributed by atoms with Crippen LogP contribution in [0.15, 0.2) is 29.6 Å². The summed E-state index contributed by atoms with van der Waals surface area (Å²) < 4.78 is 43.3. The smallest absolute Gasteiger partial charge is 0.338 e. The molecule has 1 aromatic carbocycles. The van der Waals surface area contributed by atoms with Gasteiger partial charge in [-0.2, -0.15) is 0 Å². The zero-order valence-corrected chi connectivity index (χ0v) is 13.1. The van der Waals surface area contributed by atoms with Crippen LogP contribution in [0, 0.1) is 6.92 Å². The number of carbonyl (C=O) groups is 1. The molecule has 0 N–H and O–H groups in total. The number of aromatic nitrogens is 2. The second-order valence-electron chi connectivity index (χ2n) is 4.80. The number of aryl methyl sites for hydroxylation is 1. The molecule has 0 aliphatic carbocycles. The molecule has 22 heavy (non-hydrogen) atoms. The van der Waals surface area contributed by atoms with Crippen LogP contribution in [-0.2, 0) is 21.2 Å². The third kappa shape index (κ3) is 3.01. The molecule has 1 aromatic heterocycles. The van der Waals surface area contributed by atoms with Crippen molar-refractivity contribution >= 4 is 15.8 Å². The van der Waals surface area contributed by atoms with E-state index in [4.69, 9.17) is 0 Å². The number of alkyl halides is 1. The monoisotopic (exact) mass is 326 g/mol. The first-order chi connectivity index (χ1) is 10.3. The molecule has 0 bridgehead atoms. The number of halogens is 1. The van der Waals surface area contributed by atoms with Gasteiger partial charge in [0.15, 0.2) is 9.84 Å². The zero-order valence-electron chi connectivity index (χ0n) is 12.3. The van der Waals surface area contributed by atoms with E-state index in [9.17, 15) is 17.6 Å². The normalized spacial score (nSPS) is 11.5. The van der Waals surface area contributed by atoms with E-state index in [0.717, 1.165) is 19.4 Å². The number of methoxy groups -OCH3 is 1. The fourth-order valence-electron chi connectivity index (χ4n) is 2.07. The highest BCUT2D eigenvalue weighted by atomic mass is 32.2. The minimum Gasteiger partial charge on any atom is -0.465 e. The van der Waals surface area contributed by atoms with Crippen molar-refractivity contribution in [2.24, 2.45) is 0 Å². The molecule has 0 amide bonds. The largest absolute Gasteiger partial charge is 0.465 e. The average Bonchev–Trinajstić information content (AvgIpc) is 2.90. The summed E-state index contributed by atoms with van der Waals surface area (Å²) in [7, 11) is -2.49. The van der Waals surface area contributed by atoms with E-state index in [-0.39, 0.29) is 21.7 Å². The molecule has 2 aromatic rings. The molecule has 0 aliphatic rings. The molecular weight excluding hydrogens is 311 g/mol. The van der Waals surface area contributed by atoms with E-state index in [0.29, 0.717) is 5.69 Å². The minimum absolute atomic E-state index is 0.0561. The van der Waals surface area contributed by atoms with E-state index in [2.05, 4.69) is 9.72 Å². The molecule has 0 fully saturated rings. The highest BCUT2D eigenvalue weighted by Gasteiger charge is 2.22. The van der Waals surface area contributed by atoms with Crippen LogP contribution in [0.25, 0.3) is 5.69 Å². The van der Waals surface area contributed by atoms with Crippen LogP contribution in [0.2, 0.25) is 0 Å². The maximum atomic E-state index is 13.2. The molecule has 0 atom stereocenters. The van der Waals surface area contributed by atoms with Gasteiger partial charge < -0.3 is 9.30 Å². The number of sulfone groups is 1. The summed E-state index contributed by atoms with van der Waals surface area (Å²) in [6.07, 6.45) is 4.06. The van der Waals surface area contributed by atoms with Gasteiger partial charge in [-0.15, -0.1) is 0 Å². The van der Waals surface area contributed by atoms with E-state index in [1.54, 1.807) is 13.1 Å². The average molecular weight is 326 g/mol. The quantitative estimate of drug-likeness (QED) is 0.801. The third-order valence-electron chi connectivity index (χ3n) is 3.12. The number of carbonyl (C=O) groups excluding carboxylic acids is 1. The van der Waals surface area contributed by atoms with Crippen molar-refractivity contribution in [3.05, 3.63) is 41.5 Å². The van der Waals surface area contributed by atoms with Crippen molar-refractivity contribution in [3.63, 3.8) is 0 Å². The summed E-state index contributed by atoms with van der Waals surface area (Å²) in [5.41, 5.74) is 0.869. The van der Waals surface area contributed by atoms with Gasteiger partial charge in [0.05, 0.1) is 35.3 Å². The van der Waals surface area contributed by atoms with Crippen molar-refractivity contribution in [3.8, 4) is 5.69 Å². The van der Waals surface area contributed by atoms with Gasteiger partial charge in [0.25, 0.3) is 0 Å². The van der Waals surface area contributed by atoms with Gasteiger partial charge in [-0.05, 0) is 24.6 Å². The molecule has 0 unspecified atom stereocenters. The Labute approximate surface area is 127 Å². The van der Waals surface area contributed by atoms with Gasteiger partial charge in [-0.1, -0.05) is 0 Å². The zero-order chi connectivity index (χ0) is 16.5. The summed E-state index contributed by atoms with van der Waals surface area (Å²) in [5, 5.41) is 0. The molecular formula is C14H15FN2O4S. The van der Waals surface area contributed by atoms with E-state index < -0.39 is 22.5 Å². The van der Waals surface area contributed by atoms with Gasteiger partial charge in [-0.25, -0.2) is 22.6 Å². The summed E-state index contributed by atoms with van der Waals surface area (Å²) in [5.74, 6) is -0.786. The predicted octanol–water partition coefficient (Wildman–Crippen LogP) is 1.84. The maximum Gasteiger partial charge on any atom is 0.338 e. The first kappa shape index (κ1) is 16.2. The van der Waals surface area contributed by atoms with Gasteiger partial charge in [0.1, 0.15) is 6.67 Å². The highest BCUT2D eigenvalue weighted by molar-refractivity contribution is 7.90. The molecule has 0 saturated heterocycles. The SMILES string of the molecule is COC(=O)c1cc(S(C)(=O)=O)c(-n2cnc(C)c2)cc1CF. The van der Waals surface area contributed by atoms with Crippen LogP contribution in [0.4, 0.5) is 4.39 Å². The lowest BCUT2D eigenvalue weighted by Gasteiger charge is -2.13. The van der Waals surface area contributed by atoms with Crippen molar-refractivity contribution in [1.29, 1.82) is 0 Å². The standard InChI is InChI=1S/C14H15FN2O4S/c1-9-7-17(8-16-9)12-4-10(6-15)11(14(18)21-2)5-13(12)22(3,19)20/h4-5,7-8H,6H2,1-3H3. The van der Waals surface area contributed by atoms with E-state index >= 15 is 0 Å². The van der Waals surface area contributed by atoms with Gasteiger partial charge in [-0.3, -0.25) is 0 Å². The fraction of sp³-hybridized carbons (Fsp3) is 0.286. The molecule has 0 aliphatic heterocycles. The summed E-state index contributed by atoms with van der Waals surface area (Å²) in [6, 6.07) is 2.46.